The molecule has 1 N–H and O–H groups in total. The molecule has 0 spiro atoms. The highest BCUT2D eigenvalue weighted by Crippen LogP contribution is 2.09. The Morgan fingerprint density at radius 2 is 2.04 bits per heavy atom. The smallest absolute Gasteiger partial charge is 0.278 e. The molecular formula is C16H21N5O2. The van der Waals surface area contributed by atoms with E-state index in [1.807, 2.05) is 0 Å². The topological polar surface area (TPSA) is 80.1 Å². The molecule has 122 valence electrons. The number of likely N-dealkylation sites (tertiary alicyclic amines) is 1. The highest BCUT2D eigenvalue weighted by Gasteiger charge is 2.20. The maximum absolute atomic E-state index is 12.3. The van der Waals surface area contributed by atoms with Crippen molar-refractivity contribution in [3.8, 4) is 0 Å². The summed E-state index contributed by atoms with van der Waals surface area (Å²) in [5, 5.41) is 11.3. The normalized spacial score (nSPS) is 16.6. The molecular weight excluding hydrogens is 294 g/mol. The van der Waals surface area contributed by atoms with E-state index in [0.717, 1.165) is 37.2 Å². The number of carbonyl (C=O) groups is 1. The van der Waals surface area contributed by atoms with Gasteiger partial charge in [-0.25, -0.2) is 4.68 Å². The van der Waals surface area contributed by atoms with E-state index in [4.69, 9.17) is 0 Å². The first-order valence-electron chi connectivity index (χ1n) is 8.01. The second-order valence-electron chi connectivity index (χ2n) is 5.85. The van der Waals surface area contributed by atoms with Gasteiger partial charge in [-0.1, -0.05) is 24.3 Å². The first-order chi connectivity index (χ1) is 11.2. The summed E-state index contributed by atoms with van der Waals surface area (Å²) in [4.78, 5) is 26.8. The van der Waals surface area contributed by atoms with E-state index < -0.39 is 0 Å². The van der Waals surface area contributed by atoms with Crippen molar-refractivity contribution in [2.45, 2.75) is 32.4 Å². The number of aromatic nitrogens is 3. The average molecular weight is 315 g/mol. The number of hydrogen-bond donors (Lipinski definition) is 1. The van der Waals surface area contributed by atoms with Crippen molar-refractivity contribution in [2.75, 3.05) is 19.6 Å². The lowest BCUT2D eigenvalue weighted by Crippen LogP contribution is -2.46. The summed E-state index contributed by atoms with van der Waals surface area (Å²) in [5.41, 5.74) is 0.257. The molecule has 23 heavy (non-hydrogen) atoms. The molecule has 0 atom stereocenters. The number of rotatable bonds is 4. The van der Waals surface area contributed by atoms with Crippen LogP contribution in [0.3, 0.4) is 0 Å². The zero-order chi connectivity index (χ0) is 16.2. The van der Waals surface area contributed by atoms with Crippen molar-refractivity contribution >= 4 is 16.8 Å². The summed E-state index contributed by atoms with van der Waals surface area (Å²) in [6, 6.07) is 7.18. The molecule has 1 aromatic heterocycles. The fourth-order valence-corrected chi connectivity index (χ4v) is 2.93. The Hall–Kier alpha value is -2.28. The summed E-state index contributed by atoms with van der Waals surface area (Å²) in [5.74, 6) is -0.188. The molecule has 0 saturated carbocycles. The van der Waals surface area contributed by atoms with Crippen molar-refractivity contribution in [1.29, 1.82) is 0 Å². The molecule has 1 fully saturated rings. The van der Waals surface area contributed by atoms with Crippen LogP contribution in [0.4, 0.5) is 0 Å². The fourth-order valence-electron chi connectivity index (χ4n) is 2.93. The number of piperidine rings is 1. The van der Waals surface area contributed by atoms with Crippen molar-refractivity contribution in [3.05, 3.63) is 34.6 Å². The maximum Gasteiger partial charge on any atom is 0.278 e. The number of nitrogens with one attached hydrogen (secondary N) is 1. The van der Waals surface area contributed by atoms with Gasteiger partial charge in [0.05, 0.1) is 5.39 Å². The van der Waals surface area contributed by atoms with Gasteiger partial charge in [0.1, 0.15) is 12.1 Å². The first kappa shape index (κ1) is 15.6. The minimum absolute atomic E-state index is 0.0926. The highest BCUT2D eigenvalue weighted by atomic mass is 16.2. The van der Waals surface area contributed by atoms with Crippen LogP contribution in [0.1, 0.15) is 19.8 Å². The van der Waals surface area contributed by atoms with Crippen LogP contribution in [-0.2, 0) is 11.3 Å². The van der Waals surface area contributed by atoms with Crippen LogP contribution in [0, 0.1) is 0 Å². The molecule has 0 radical (unpaired) electrons. The van der Waals surface area contributed by atoms with E-state index in [2.05, 4.69) is 27.5 Å². The summed E-state index contributed by atoms with van der Waals surface area (Å²) in [6.45, 7) is 5.09. The quantitative estimate of drug-likeness (QED) is 0.883. The average Bonchev–Trinajstić information content (AvgIpc) is 2.58. The zero-order valence-electron chi connectivity index (χ0n) is 13.2. The molecule has 0 unspecified atom stereocenters. The van der Waals surface area contributed by atoms with Gasteiger partial charge in [0.25, 0.3) is 5.56 Å². The third kappa shape index (κ3) is 3.56. The summed E-state index contributed by atoms with van der Waals surface area (Å²) < 4.78 is 1.12. The molecule has 0 aliphatic carbocycles. The highest BCUT2D eigenvalue weighted by molar-refractivity contribution is 5.78. The van der Waals surface area contributed by atoms with Gasteiger partial charge in [-0.2, -0.15) is 0 Å². The Balaban J connectivity index is 1.64. The van der Waals surface area contributed by atoms with Gasteiger partial charge >= 0.3 is 0 Å². The third-order valence-corrected chi connectivity index (χ3v) is 4.32. The lowest BCUT2D eigenvalue weighted by Gasteiger charge is -2.31. The van der Waals surface area contributed by atoms with Gasteiger partial charge in [-0.3, -0.25) is 9.59 Å². The summed E-state index contributed by atoms with van der Waals surface area (Å²) in [7, 11) is 0. The number of hydrogen-bond acceptors (Lipinski definition) is 5. The minimum Gasteiger partial charge on any atom is -0.352 e. The van der Waals surface area contributed by atoms with Gasteiger partial charge in [0, 0.05) is 19.1 Å². The summed E-state index contributed by atoms with van der Waals surface area (Å²) in [6.07, 6.45) is 1.88. The second kappa shape index (κ2) is 6.87. The fraction of sp³-hybridized carbons (Fsp3) is 0.500. The molecule has 7 heteroatoms. The molecule has 7 nitrogen and oxygen atoms in total. The van der Waals surface area contributed by atoms with E-state index >= 15 is 0 Å². The predicted octanol–water partition coefficient (Wildman–Crippen LogP) is 0.392. The second-order valence-corrected chi connectivity index (χ2v) is 5.85. The lowest BCUT2D eigenvalue weighted by molar-refractivity contribution is -0.123. The van der Waals surface area contributed by atoms with E-state index in [1.54, 1.807) is 24.3 Å². The van der Waals surface area contributed by atoms with Gasteiger partial charge in [0.15, 0.2) is 0 Å². The number of nitrogens with zero attached hydrogens (tertiary/aromatic N) is 4. The van der Waals surface area contributed by atoms with Crippen molar-refractivity contribution < 1.29 is 4.79 Å². The minimum atomic E-state index is -0.286. The molecule has 1 saturated heterocycles. The van der Waals surface area contributed by atoms with E-state index in [1.165, 1.54) is 0 Å². The standard InChI is InChI=1S/C16H21N5O2/c1-2-20-9-7-12(8-10-20)17-15(22)11-21-16(23)13-5-3-4-6-14(13)18-19-21/h3-6,12H,2,7-11H2,1H3,(H,17,22). The van der Waals surface area contributed by atoms with Crippen LogP contribution in [0.25, 0.3) is 10.9 Å². The third-order valence-electron chi connectivity index (χ3n) is 4.32. The molecule has 3 rings (SSSR count). The molecule has 1 aliphatic rings. The van der Waals surface area contributed by atoms with Crippen molar-refractivity contribution in [2.24, 2.45) is 0 Å². The predicted molar refractivity (Wildman–Crippen MR) is 87.1 cm³/mol. The molecule has 0 bridgehead atoms. The lowest BCUT2D eigenvalue weighted by atomic mass is 10.1. The van der Waals surface area contributed by atoms with Crippen LogP contribution in [0.5, 0.6) is 0 Å². The van der Waals surface area contributed by atoms with Gasteiger partial charge in [0.2, 0.25) is 5.91 Å². The number of amides is 1. The van der Waals surface area contributed by atoms with Gasteiger partial charge < -0.3 is 10.2 Å². The first-order valence-corrected chi connectivity index (χ1v) is 8.01. The molecule has 1 aliphatic heterocycles. The van der Waals surface area contributed by atoms with Crippen LogP contribution < -0.4 is 10.9 Å². The van der Waals surface area contributed by atoms with Crippen molar-refractivity contribution in [1.82, 2.24) is 25.2 Å². The molecule has 1 aromatic carbocycles. The van der Waals surface area contributed by atoms with Crippen molar-refractivity contribution in [3.63, 3.8) is 0 Å². The number of benzene rings is 1. The van der Waals surface area contributed by atoms with E-state index in [0.29, 0.717) is 10.9 Å². The van der Waals surface area contributed by atoms with Crippen LogP contribution in [0.2, 0.25) is 0 Å². The summed E-state index contributed by atoms with van der Waals surface area (Å²) >= 11 is 0. The van der Waals surface area contributed by atoms with Crippen LogP contribution >= 0.6 is 0 Å². The molecule has 2 heterocycles. The van der Waals surface area contributed by atoms with Gasteiger partial charge in [-0.15, -0.1) is 5.10 Å². The van der Waals surface area contributed by atoms with Gasteiger partial charge in [-0.05, 0) is 31.5 Å². The van der Waals surface area contributed by atoms with E-state index in [9.17, 15) is 9.59 Å². The SMILES string of the molecule is CCN1CCC(NC(=O)Cn2nnc3ccccc3c2=O)CC1. The Morgan fingerprint density at radius 1 is 1.30 bits per heavy atom. The zero-order valence-corrected chi connectivity index (χ0v) is 13.2. The Bertz CT molecular complexity index is 749. The maximum atomic E-state index is 12.3. The molecule has 2 aromatic rings. The molecule has 1 amide bonds. The monoisotopic (exact) mass is 315 g/mol. The Morgan fingerprint density at radius 3 is 2.78 bits per heavy atom. The Kier molecular flexibility index (Phi) is 4.66. The Labute approximate surface area is 134 Å². The largest absolute Gasteiger partial charge is 0.352 e. The van der Waals surface area contributed by atoms with E-state index in [-0.39, 0.29) is 24.1 Å². The number of carbonyl (C=O) groups excluding carboxylic acids is 1. The van der Waals surface area contributed by atoms with Crippen LogP contribution in [-0.4, -0.2) is 51.5 Å². The number of fused-ring (bicyclic) bond motifs is 1. The van der Waals surface area contributed by atoms with Crippen LogP contribution in [0.15, 0.2) is 29.1 Å².